The number of rotatable bonds is 8. The zero-order chi connectivity index (χ0) is 15.2. The van der Waals surface area contributed by atoms with E-state index < -0.39 is 10.0 Å². The molecule has 0 radical (unpaired) electrons. The Kier molecular flexibility index (Phi) is 6.87. The molecule has 0 saturated heterocycles. The van der Waals surface area contributed by atoms with E-state index in [4.69, 9.17) is 10.5 Å². The van der Waals surface area contributed by atoms with Gasteiger partial charge in [0.05, 0.1) is 18.8 Å². The van der Waals surface area contributed by atoms with Crippen LogP contribution in [0.2, 0.25) is 0 Å². The molecule has 0 aromatic carbocycles. The fourth-order valence-corrected chi connectivity index (χ4v) is 3.36. The average molecular weight is 307 g/mol. The highest BCUT2D eigenvalue weighted by Crippen LogP contribution is 2.25. The Morgan fingerprint density at radius 2 is 2.15 bits per heavy atom. The average Bonchev–Trinajstić information content (AvgIpc) is 2.78. The van der Waals surface area contributed by atoms with Gasteiger partial charge in [0.2, 0.25) is 15.9 Å². The van der Waals surface area contributed by atoms with Crippen LogP contribution < -0.4 is 15.8 Å². The Bertz CT molecular complexity index is 409. The van der Waals surface area contributed by atoms with Gasteiger partial charge in [-0.2, -0.15) is 0 Å². The molecule has 0 spiro atoms. The van der Waals surface area contributed by atoms with Gasteiger partial charge in [-0.1, -0.05) is 6.42 Å². The minimum atomic E-state index is -3.21. The number of carbonyl (C=O) groups excluding carboxylic acids is 1. The van der Waals surface area contributed by atoms with Crippen LogP contribution in [0.15, 0.2) is 0 Å². The molecule has 1 aliphatic carbocycles. The summed E-state index contributed by atoms with van der Waals surface area (Å²) in [5, 5.41) is 2.83. The molecule has 0 aliphatic heterocycles. The maximum atomic E-state index is 11.7. The van der Waals surface area contributed by atoms with E-state index in [1.54, 1.807) is 0 Å². The molecular weight excluding hydrogens is 282 g/mol. The standard InChI is InChI=1S/C12H25N3O4S/c1-19-10(7-13)6-12(16)14-8-9-4-3-5-11(9)15-20(2,17)18/h9-11,15H,3-8,13H2,1-2H3,(H,14,16). The van der Waals surface area contributed by atoms with E-state index in [0.29, 0.717) is 13.1 Å². The second-order valence-electron chi connectivity index (χ2n) is 5.29. The van der Waals surface area contributed by atoms with Crippen LogP contribution in [0.1, 0.15) is 25.7 Å². The van der Waals surface area contributed by atoms with Crippen molar-refractivity contribution in [3.05, 3.63) is 0 Å². The van der Waals surface area contributed by atoms with Crippen LogP contribution in [0, 0.1) is 5.92 Å². The number of nitrogens with two attached hydrogens (primary N) is 1. The summed E-state index contributed by atoms with van der Waals surface area (Å²) in [5.41, 5.74) is 5.46. The Balaban J connectivity index is 2.38. The monoisotopic (exact) mass is 307 g/mol. The molecular formula is C12H25N3O4S. The van der Waals surface area contributed by atoms with E-state index in [-0.39, 0.29) is 30.4 Å². The maximum absolute atomic E-state index is 11.7. The summed E-state index contributed by atoms with van der Waals surface area (Å²) in [6.07, 6.45) is 3.81. The number of methoxy groups -OCH3 is 1. The quantitative estimate of drug-likeness (QED) is 0.543. The van der Waals surface area contributed by atoms with Crippen molar-refractivity contribution in [1.82, 2.24) is 10.0 Å². The van der Waals surface area contributed by atoms with Crippen LogP contribution in [-0.2, 0) is 19.6 Å². The molecule has 1 fully saturated rings. The largest absolute Gasteiger partial charge is 0.380 e. The minimum Gasteiger partial charge on any atom is -0.380 e. The number of ether oxygens (including phenoxy) is 1. The Morgan fingerprint density at radius 1 is 1.45 bits per heavy atom. The highest BCUT2D eigenvalue weighted by molar-refractivity contribution is 7.88. The summed E-state index contributed by atoms with van der Waals surface area (Å²) in [6.45, 7) is 0.776. The molecule has 1 amide bonds. The summed E-state index contributed by atoms with van der Waals surface area (Å²) in [5.74, 6) is 0.0276. The number of nitrogens with one attached hydrogen (secondary N) is 2. The topological polar surface area (TPSA) is 111 Å². The van der Waals surface area contributed by atoms with E-state index in [1.165, 1.54) is 7.11 Å². The lowest BCUT2D eigenvalue weighted by atomic mass is 10.0. The summed E-state index contributed by atoms with van der Waals surface area (Å²) < 4.78 is 30.2. The zero-order valence-electron chi connectivity index (χ0n) is 12.1. The molecule has 0 heterocycles. The Morgan fingerprint density at radius 3 is 2.70 bits per heavy atom. The van der Waals surface area contributed by atoms with E-state index in [0.717, 1.165) is 25.5 Å². The van der Waals surface area contributed by atoms with Gasteiger partial charge in [-0.05, 0) is 18.8 Å². The lowest BCUT2D eigenvalue weighted by molar-refractivity contribution is -0.123. The van der Waals surface area contributed by atoms with Gasteiger partial charge in [0.25, 0.3) is 0 Å². The van der Waals surface area contributed by atoms with Crippen molar-refractivity contribution in [3.8, 4) is 0 Å². The van der Waals surface area contributed by atoms with E-state index in [1.807, 2.05) is 0 Å². The zero-order valence-corrected chi connectivity index (χ0v) is 12.9. The lowest BCUT2D eigenvalue weighted by Crippen LogP contribution is -2.42. The second-order valence-corrected chi connectivity index (χ2v) is 7.07. The summed E-state index contributed by atoms with van der Waals surface area (Å²) >= 11 is 0. The first-order chi connectivity index (χ1) is 9.35. The normalized spacial score (nSPS) is 24.6. The number of sulfonamides is 1. The van der Waals surface area contributed by atoms with Gasteiger partial charge in [-0.3, -0.25) is 4.79 Å². The Hall–Kier alpha value is -0.700. The van der Waals surface area contributed by atoms with Crippen LogP contribution in [0.4, 0.5) is 0 Å². The highest BCUT2D eigenvalue weighted by atomic mass is 32.2. The fourth-order valence-electron chi connectivity index (χ4n) is 2.50. The summed E-state index contributed by atoms with van der Waals surface area (Å²) in [6, 6.07) is -0.0852. The summed E-state index contributed by atoms with van der Waals surface area (Å²) in [7, 11) is -1.68. The van der Waals surface area contributed by atoms with Crippen LogP contribution in [0.5, 0.6) is 0 Å². The predicted octanol–water partition coefficient (Wildman–Crippen LogP) is -0.816. The van der Waals surface area contributed by atoms with E-state index >= 15 is 0 Å². The smallest absolute Gasteiger partial charge is 0.222 e. The second kappa shape index (κ2) is 7.92. The third-order valence-electron chi connectivity index (χ3n) is 3.60. The van der Waals surface area contributed by atoms with Crippen molar-refractivity contribution in [1.29, 1.82) is 0 Å². The molecule has 0 aromatic heterocycles. The molecule has 1 rings (SSSR count). The highest BCUT2D eigenvalue weighted by Gasteiger charge is 2.29. The van der Waals surface area contributed by atoms with Crippen LogP contribution >= 0.6 is 0 Å². The van der Waals surface area contributed by atoms with Crippen molar-refractivity contribution in [3.63, 3.8) is 0 Å². The number of carbonyl (C=O) groups is 1. The molecule has 7 nitrogen and oxygen atoms in total. The van der Waals surface area contributed by atoms with Gasteiger partial charge in [0.1, 0.15) is 0 Å². The molecule has 4 N–H and O–H groups in total. The predicted molar refractivity (Wildman–Crippen MR) is 76.6 cm³/mol. The Labute approximate surface area is 120 Å². The van der Waals surface area contributed by atoms with Gasteiger partial charge in [0.15, 0.2) is 0 Å². The molecule has 1 saturated carbocycles. The van der Waals surface area contributed by atoms with Gasteiger partial charge < -0.3 is 15.8 Å². The van der Waals surface area contributed by atoms with Gasteiger partial charge in [-0.15, -0.1) is 0 Å². The van der Waals surface area contributed by atoms with E-state index in [9.17, 15) is 13.2 Å². The van der Waals surface area contributed by atoms with Crippen molar-refractivity contribution in [2.24, 2.45) is 11.7 Å². The number of hydrogen-bond donors (Lipinski definition) is 3. The third-order valence-corrected chi connectivity index (χ3v) is 4.33. The first-order valence-electron chi connectivity index (χ1n) is 6.82. The first-order valence-corrected chi connectivity index (χ1v) is 8.71. The molecule has 3 unspecified atom stereocenters. The minimum absolute atomic E-state index is 0.0852. The molecule has 118 valence electrons. The van der Waals surface area contributed by atoms with Crippen LogP contribution in [-0.4, -0.2) is 52.9 Å². The van der Waals surface area contributed by atoms with Crippen LogP contribution in [0.25, 0.3) is 0 Å². The SMILES string of the molecule is COC(CN)CC(=O)NCC1CCCC1NS(C)(=O)=O. The third kappa shape index (κ3) is 6.17. The van der Waals surface area contributed by atoms with Gasteiger partial charge in [0, 0.05) is 26.2 Å². The number of amides is 1. The van der Waals surface area contributed by atoms with Crippen molar-refractivity contribution in [2.75, 3.05) is 26.5 Å². The lowest BCUT2D eigenvalue weighted by Gasteiger charge is -2.21. The molecule has 0 bridgehead atoms. The van der Waals surface area contributed by atoms with Crippen molar-refractivity contribution in [2.45, 2.75) is 37.8 Å². The van der Waals surface area contributed by atoms with Crippen LogP contribution in [0.3, 0.4) is 0 Å². The maximum Gasteiger partial charge on any atom is 0.222 e. The van der Waals surface area contributed by atoms with Crippen molar-refractivity contribution >= 4 is 15.9 Å². The number of hydrogen-bond acceptors (Lipinski definition) is 5. The molecule has 3 atom stereocenters. The van der Waals surface area contributed by atoms with Gasteiger partial charge >= 0.3 is 0 Å². The van der Waals surface area contributed by atoms with Gasteiger partial charge in [-0.25, -0.2) is 13.1 Å². The molecule has 1 aliphatic rings. The molecule has 0 aromatic rings. The molecule has 20 heavy (non-hydrogen) atoms. The summed E-state index contributed by atoms with van der Waals surface area (Å²) in [4.78, 5) is 11.7. The molecule has 8 heteroatoms. The van der Waals surface area contributed by atoms with E-state index in [2.05, 4.69) is 10.0 Å². The fraction of sp³-hybridized carbons (Fsp3) is 0.917. The first kappa shape index (κ1) is 17.4. The van der Waals surface area contributed by atoms with Crippen molar-refractivity contribution < 1.29 is 17.9 Å².